The lowest BCUT2D eigenvalue weighted by Crippen LogP contribution is -2.61. The van der Waals surface area contributed by atoms with Crippen molar-refractivity contribution < 1.29 is 33.8 Å². The fraction of sp³-hybridized carbons (Fsp3) is 0.818. The fourth-order valence-electron chi connectivity index (χ4n) is 1.70. The molecular weight excluding hydrogens is 348 g/mol. The second-order valence-electron chi connectivity index (χ2n) is 4.57. The highest BCUT2D eigenvalue weighted by Gasteiger charge is 2.70. The van der Waals surface area contributed by atoms with E-state index >= 15 is 0 Å². The number of nitro groups is 3. The number of rotatable bonds is 12. The van der Waals surface area contributed by atoms with Gasteiger partial charge in [0.2, 0.25) is 6.54 Å². The zero-order chi connectivity index (χ0) is 19.6. The van der Waals surface area contributed by atoms with Crippen molar-refractivity contribution in [2.45, 2.75) is 38.5 Å². The Labute approximate surface area is 140 Å². The summed E-state index contributed by atoms with van der Waals surface area (Å²) in [6, 6.07) is -1.40. The summed E-state index contributed by atoms with van der Waals surface area (Å²) < 4.78 is 9.33. The normalized spacial score (nSPS) is 12.1. The van der Waals surface area contributed by atoms with Crippen LogP contribution in [0.1, 0.15) is 26.7 Å². The van der Waals surface area contributed by atoms with Crippen LogP contribution in [0.5, 0.6) is 0 Å². The van der Waals surface area contributed by atoms with Gasteiger partial charge >= 0.3 is 17.7 Å². The van der Waals surface area contributed by atoms with E-state index in [1.165, 1.54) is 6.92 Å². The van der Waals surface area contributed by atoms with Gasteiger partial charge in [0.1, 0.15) is 6.04 Å². The minimum Gasteiger partial charge on any atom is -0.466 e. The van der Waals surface area contributed by atoms with E-state index in [4.69, 9.17) is 0 Å². The first-order chi connectivity index (χ1) is 11.6. The molecule has 0 heterocycles. The molecule has 0 bridgehead atoms. The lowest BCUT2D eigenvalue weighted by atomic mass is 10.1. The van der Waals surface area contributed by atoms with Crippen LogP contribution in [0.2, 0.25) is 0 Å². The molecule has 25 heavy (non-hydrogen) atoms. The number of nitrogens with zero attached hydrogens (tertiary/aromatic N) is 3. The van der Waals surface area contributed by atoms with Gasteiger partial charge in [-0.15, -0.1) is 0 Å². The third-order valence-electron chi connectivity index (χ3n) is 2.98. The Hall–Kier alpha value is -2.90. The van der Waals surface area contributed by atoms with Crippen molar-refractivity contribution in [1.29, 1.82) is 0 Å². The predicted octanol–water partition coefficient (Wildman–Crippen LogP) is -0.665. The third kappa shape index (κ3) is 5.91. The predicted molar refractivity (Wildman–Crippen MR) is 78.0 cm³/mol. The molecule has 0 aromatic heterocycles. The molecule has 1 atom stereocenters. The van der Waals surface area contributed by atoms with Crippen LogP contribution in [0.3, 0.4) is 0 Å². The Morgan fingerprint density at radius 2 is 1.48 bits per heavy atom. The molecule has 0 fully saturated rings. The van der Waals surface area contributed by atoms with Crippen molar-refractivity contribution in [1.82, 2.24) is 5.32 Å². The van der Waals surface area contributed by atoms with Crippen LogP contribution in [-0.2, 0) is 19.1 Å². The summed E-state index contributed by atoms with van der Waals surface area (Å²) in [6.07, 6.45) is -0.576. The van der Waals surface area contributed by atoms with Gasteiger partial charge < -0.3 is 9.47 Å². The smallest absolute Gasteiger partial charge is 0.466 e. The highest BCUT2D eigenvalue weighted by Crippen LogP contribution is 2.13. The Morgan fingerprint density at radius 1 is 1.00 bits per heavy atom. The van der Waals surface area contributed by atoms with E-state index in [1.54, 1.807) is 6.92 Å². The van der Waals surface area contributed by atoms with Crippen LogP contribution in [0.4, 0.5) is 0 Å². The first kappa shape index (κ1) is 22.1. The second-order valence-corrected chi connectivity index (χ2v) is 4.57. The van der Waals surface area contributed by atoms with E-state index in [0.717, 1.165) is 0 Å². The highest BCUT2D eigenvalue weighted by atomic mass is 16.7. The Morgan fingerprint density at radius 3 is 1.88 bits per heavy atom. The summed E-state index contributed by atoms with van der Waals surface area (Å²) in [4.78, 5) is 50.7. The largest absolute Gasteiger partial charge is 0.712 e. The zero-order valence-electron chi connectivity index (χ0n) is 13.5. The molecular formula is C11H18N4O10. The zero-order valence-corrected chi connectivity index (χ0v) is 13.5. The SMILES string of the molecule is CCOC(=O)CCC(NCC([N+](=O)[O-])([N+](=O)[O-])[N+](=O)[O-])C(=O)OCC. The molecule has 142 valence electrons. The van der Waals surface area contributed by atoms with Crippen molar-refractivity contribution >= 4 is 11.9 Å². The van der Waals surface area contributed by atoms with Gasteiger partial charge in [-0.1, -0.05) is 0 Å². The van der Waals surface area contributed by atoms with Crippen molar-refractivity contribution in [3.8, 4) is 0 Å². The molecule has 1 N–H and O–H groups in total. The first-order valence-corrected chi connectivity index (χ1v) is 7.12. The second kappa shape index (κ2) is 10.1. The molecule has 0 aromatic carbocycles. The van der Waals surface area contributed by atoms with Crippen LogP contribution < -0.4 is 5.32 Å². The molecule has 14 heteroatoms. The first-order valence-electron chi connectivity index (χ1n) is 7.12. The Bertz CT molecular complexity index is 501. The van der Waals surface area contributed by atoms with Gasteiger partial charge in [-0.25, -0.2) is 0 Å². The molecule has 14 nitrogen and oxygen atoms in total. The molecule has 1 unspecified atom stereocenters. The molecule has 0 rings (SSSR count). The van der Waals surface area contributed by atoms with Crippen LogP contribution in [0.15, 0.2) is 0 Å². The van der Waals surface area contributed by atoms with Crippen LogP contribution in [0, 0.1) is 30.3 Å². The number of carbonyl (C=O) groups excluding carboxylic acids is 2. The van der Waals surface area contributed by atoms with Crippen LogP contribution in [0.25, 0.3) is 0 Å². The van der Waals surface area contributed by atoms with E-state index in [9.17, 15) is 39.9 Å². The molecule has 0 aromatic rings. The number of hydrogen-bond donors (Lipinski definition) is 1. The molecule has 0 amide bonds. The Kier molecular flexibility index (Phi) is 8.90. The third-order valence-corrected chi connectivity index (χ3v) is 2.98. The molecule has 0 aliphatic carbocycles. The maximum atomic E-state index is 11.8. The van der Waals surface area contributed by atoms with Gasteiger partial charge in [0, 0.05) is 6.42 Å². The van der Waals surface area contributed by atoms with E-state index < -0.39 is 45.1 Å². The molecule has 0 saturated heterocycles. The number of esters is 2. The van der Waals surface area contributed by atoms with Gasteiger partial charge in [-0.05, 0) is 20.3 Å². The minimum atomic E-state index is -3.77. The molecule has 0 spiro atoms. The van der Waals surface area contributed by atoms with Gasteiger partial charge in [-0.3, -0.25) is 45.2 Å². The van der Waals surface area contributed by atoms with Gasteiger partial charge in [0.05, 0.1) is 13.2 Å². The number of hydrogen-bond acceptors (Lipinski definition) is 11. The van der Waals surface area contributed by atoms with Crippen LogP contribution >= 0.6 is 0 Å². The van der Waals surface area contributed by atoms with Gasteiger partial charge in [0.25, 0.3) is 0 Å². The quantitative estimate of drug-likeness (QED) is 0.199. The molecule has 0 aliphatic rings. The summed E-state index contributed by atoms with van der Waals surface area (Å²) in [5.74, 6) is -5.41. The van der Waals surface area contributed by atoms with Crippen molar-refractivity contribution in [2.75, 3.05) is 19.8 Å². The van der Waals surface area contributed by atoms with Gasteiger partial charge in [0.15, 0.2) is 14.8 Å². The maximum absolute atomic E-state index is 11.8. The average Bonchev–Trinajstić information content (AvgIpc) is 2.50. The lowest BCUT2D eigenvalue weighted by molar-refractivity contribution is -0.966. The summed E-state index contributed by atoms with van der Waals surface area (Å²) in [6.45, 7) is 1.66. The summed E-state index contributed by atoms with van der Waals surface area (Å²) >= 11 is 0. The van der Waals surface area contributed by atoms with Crippen molar-refractivity contribution in [2.24, 2.45) is 0 Å². The van der Waals surface area contributed by atoms with Crippen molar-refractivity contribution in [3.63, 3.8) is 0 Å². The minimum absolute atomic E-state index is 0.0682. The monoisotopic (exact) mass is 366 g/mol. The van der Waals surface area contributed by atoms with Crippen LogP contribution in [-0.4, -0.2) is 58.3 Å². The summed E-state index contributed by atoms with van der Waals surface area (Å²) in [5, 5.41) is 34.6. The molecule has 0 aliphatic heterocycles. The molecule has 0 radical (unpaired) electrons. The summed E-state index contributed by atoms with van der Waals surface area (Å²) in [5.41, 5.74) is 0. The topological polar surface area (TPSA) is 194 Å². The van der Waals surface area contributed by atoms with E-state index in [0.29, 0.717) is 0 Å². The molecule has 0 saturated carbocycles. The highest BCUT2D eigenvalue weighted by molar-refractivity contribution is 5.77. The number of carbonyl (C=O) groups is 2. The van der Waals surface area contributed by atoms with Gasteiger partial charge in [-0.2, -0.15) is 0 Å². The Balaban J connectivity index is 5.24. The van der Waals surface area contributed by atoms with Crippen molar-refractivity contribution in [3.05, 3.63) is 30.3 Å². The fourth-order valence-corrected chi connectivity index (χ4v) is 1.70. The van der Waals surface area contributed by atoms with E-state index in [2.05, 4.69) is 14.8 Å². The summed E-state index contributed by atoms with van der Waals surface area (Å²) in [7, 11) is 0. The van der Waals surface area contributed by atoms with E-state index in [1.807, 2.05) is 0 Å². The standard InChI is InChI=1S/C11H18N4O10/c1-3-24-9(16)6-5-8(10(17)25-4-2)12-7-11(13(18)19,14(20)21)15(22)23/h8,12H,3-7H2,1-2H3. The average molecular weight is 366 g/mol. The number of nitrogens with one attached hydrogen (secondary N) is 1. The lowest BCUT2D eigenvalue weighted by Gasteiger charge is -2.17. The van der Waals surface area contributed by atoms with E-state index in [-0.39, 0.29) is 26.1 Å². The maximum Gasteiger partial charge on any atom is 0.712 e. The number of ether oxygens (including phenoxy) is 2.